The van der Waals surface area contributed by atoms with Gasteiger partial charge in [-0.2, -0.15) is 0 Å². The Kier molecular flexibility index (Phi) is 9.32. The number of unbranched alkanes of at least 4 members (excludes halogenated alkanes) is 2. The van der Waals surface area contributed by atoms with Crippen LogP contribution in [0.25, 0.3) is 5.76 Å². The van der Waals surface area contributed by atoms with Gasteiger partial charge in [0.05, 0.1) is 39.0 Å². The van der Waals surface area contributed by atoms with Crippen LogP contribution in [0.4, 0.5) is 5.69 Å². The third-order valence-electron chi connectivity index (χ3n) is 6.72. The number of amides is 1. The molecule has 1 unspecified atom stereocenters. The molecule has 8 nitrogen and oxygen atoms in total. The third kappa shape index (κ3) is 5.91. The molecule has 1 heterocycles. The average Bonchev–Trinajstić information content (AvgIpc) is 3.25. The van der Waals surface area contributed by atoms with Crippen LogP contribution < -0.4 is 23.8 Å². The Morgan fingerprint density at radius 2 is 1.62 bits per heavy atom. The quantitative estimate of drug-likeness (QED) is 0.124. The number of ether oxygens (including phenoxy) is 4. The molecule has 0 bridgehead atoms. The van der Waals surface area contributed by atoms with Crippen LogP contribution >= 0.6 is 0 Å². The van der Waals surface area contributed by atoms with Crippen LogP contribution in [0.5, 0.6) is 23.0 Å². The van der Waals surface area contributed by atoms with Gasteiger partial charge in [0.25, 0.3) is 11.7 Å². The molecule has 1 saturated heterocycles. The summed E-state index contributed by atoms with van der Waals surface area (Å²) in [7, 11) is 3.07. The van der Waals surface area contributed by atoms with E-state index in [4.69, 9.17) is 18.9 Å². The summed E-state index contributed by atoms with van der Waals surface area (Å²) in [5, 5.41) is 11.5. The van der Waals surface area contributed by atoms with E-state index in [1.165, 1.54) is 19.1 Å². The number of aliphatic hydroxyl groups is 1. The summed E-state index contributed by atoms with van der Waals surface area (Å²) in [4.78, 5) is 28.4. The number of benzene rings is 3. The Morgan fingerprint density at radius 3 is 2.30 bits per heavy atom. The van der Waals surface area contributed by atoms with Crippen molar-refractivity contribution in [1.29, 1.82) is 0 Å². The van der Waals surface area contributed by atoms with E-state index < -0.39 is 17.7 Å². The molecule has 40 heavy (non-hydrogen) atoms. The average molecular weight is 546 g/mol. The molecule has 210 valence electrons. The molecule has 0 aliphatic carbocycles. The molecule has 0 saturated carbocycles. The number of anilines is 1. The number of hydrogen-bond acceptors (Lipinski definition) is 7. The number of ketones is 1. The lowest BCUT2D eigenvalue weighted by molar-refractivity contribution is -0.132. The Labute approximate surface area is 234 Å². The van der Waals surface area contributed by atoms with Crippen molar-refractivity contribution in [3.63, 3.8) is 0 Å². The number of rotatable bonds is 12. The maximum absolute atomic E-state index is 13.5. The standard InChI is InChI=1S/C32H35NO7/c1-5-7-8-18-40-24-15-12-21(13-16-24)30(34)28-29(22-14-17-26(38-4)27(19-22)39-6-2)33(32(36)31(28)35)23-10-9-11-25(20-23)37-3/h9-17,19-20,29,34H,5-8,18H2,1-4H3/b30-28-. The molecule has 1 fully saturated rings. The van der Waals surface area contributed by atoms with Crippen LogP contribution in [0.3, 0.4) is 0 Å². The van der Waals surface area contributed by atoms with Gasteiger partial charge < -0.3 is 24.1 Å². The number of carbonyl (C=O) groups is 2. The van der Waals surface area contributed by atoms with E-state index in [9.17, 15) is 14.7 Å². The summed E-state index contributed by atoms with van der Waals surface area (Å²) in [5.41, 5.74) is 1.39. The molecule has 1 N–H and O–H groups in total. The summed E-state index contributed by atoms with van der Waals surface area (Å²) in [5.74, 6) is 0.334. The van der Waals surface area contributed by atoms with Gasteiger partial charge in [0.15, 0.2) is 11.5 Å². The highest BCUT2D eigenvalue weighted by atomic mass is 16.5. The van der Waals surface area contributed by atoms with Gasteiger partial charge >= 0.3 is 0 Å². The second kappa shape index (κ2) is 13.1. The molecule has 3 aromatic carbocycles. The second-order valence-corrected chi connectivity index (χ2v) is 9.29. The van der Waals surface area contributed by atoms with Crippen molar-refractivity contribution < 1.29 is 33.6 Å². The Hall–Kier alpha value is -4.46. The molecule has 1 amide bonds. The van der Waals surface area contributed by atoms with E-state index in [0.29, 0.717) is 53.0 Å². The topological polar surface area (TPSA) is 94.5 Å². The highest BCUT2D eigenvalue weighted by Crippen LogP contribution is 2.44. The van der Waals surface area contributed by atoms with Gasteiger partial charge in [-0.3, -0.25) is 14.5 Å². The molecule has 1 atom stereocenters. The van der Waals surface area contributed by atoms with Gasteiger partial charge in [-0.15, -0.1) is 0 Å². The lowest BCUT2D eigenvalue weighted by Gasteiger charge is -2.26. The van der Waals surface area contributed by atoms with Crippen LogP contribution in [-0.4, -0.2) is 44.2 Å². The normalized spacial score (nSPS) is 16.2. The van der Waals surface area contributed by atoms with Crippen LogP contribution in [0.1, 0.15) is 50.3 Å². The van der Waals surface area contributed by atoms with E-state index in [-0.39, 0.29) is 11.3 Å². The first-order valence-electron chi connectivity index (χ1n) is 13.4. The fourth-order valence-electron chi connectivity index (χ4n) is 4.71. The van der Waals surface area contributed by atoms with Gasteiger partial charge in [0.2, 0.25) is 0 Å². The molecular weight excluding hydrogens is 510 g/mol. The van der Waals surface area contributed by atoms with Gasteiger partial charge in [-0.25, -0.2) is 0 Å². The lowest BCUT2D eigenvalue weighted by atomic mass is 9.94. The van der Waals surface area contributed by atoms with Crippen molar-refractivity contribution in [2.45, 2.75) is 39.2 Å². The maximum atomic E-state index is 13.5. The minimum Gasteiger partial charge on any atom is -0.507 e. The SMILES string of the molecule is CCCCCOc1ccc(/C(O)=C2/C(=O)C(=O)N(c3cccc(OC)c3)C2c2ccc(OC)c(OCC)c2)cc1. The minimum atomic E-state index is -0.929. The number of Topliss-reactive ketones (excluding diaryl/α,β-unsaturated/α-hetero) is 1. The van der Waals surface area contributed by atoms with Crippen molar-refractivity contribution in [1.82, 2.24) is 0 Å². The zero-order valence-electron chi connectivity index (χ0n) is 23.3. The molecule has 4 rings (SSSR count). The van der Waals surface area contributed by atoms with E-state index >= 15 is 0 Å². The maximum Gasteiger partial charge on any atom is 0.300 e. The number of nitrogens with zero attached hydrogens (tertiary/aromatic N) is 1. The Morgan fingerprint density at radius 1 is 0.850 bits per heavy atom. The van der Waals surface area contributed by atoms with Gasteiger partial charge in [0.1, 0.15) is 17.3 Å². The van der Waals surface area contributed by atoms with Gasteiger partial charge in [-0.1, -0.05) is 31.9 Å². The molecule has 0 radical (unpaired) electrons. The van der Waals surface area contributed by atoms with E-state index in [1.807, 2.05) is 6.92 Å². The second-order valence-electron chi connectivity index (χ2n) is 9.29. The highest BCUT2D eigenvalue weighted by molar-refractivity contribution is 6.51. The molecule has 1 aliphatic rings. The number of aliphatic hydroxyl groups excluding tert-OH is 1. The monoisotopic (exact) mass is 545 g/mol. The number of methoxy groups -OCH3 is 2. The molecular formula is C32H35NO7. The summed E-state index contributed by atoms with van der Waals surface area (Å²) in [6.07, 6.45) is 3.14. The largest absolute Gasteiger partial charge is 0.507 e. The number of carbonyl (C=O) groups excluding carboxylic acids is 2. The summed E-state index contributed by atoms with van der Waals surface area (Å²) < 4.78 is 22.4. The van der Waals surface area contributed by atoms with Gasteiger partial charge in [0, 0.05) is 17.3 Å². The fraction of sp³-hybridized carbons (Fsp3) is 0.312. The molecule has 8 heteroatoms. The lowest BCUT2D eigenvalue weighted by Crippen LogP contribution is -2.29. The summed E-state index contributed by atoms with van der Waals surface area (Å²) >= 11 is 0. The predicted octanol–water partition coefficient (Wildman–Crippen LogP) is 6.30. The van der Waals surface area contributed by atoms with E-state index in [2.05, 4.69) is 6.92 Å². The first kappa shape index (κ1) is 28.5. The zero-order chi connectivity index (χ0) is 28.6. The van der Waals surface area contributed by atoms with Crippen LogP contribution in [0, 0.1) is 0 Å². The summed E-state index contributed by atoms with van der Waals surface area (Å²) in [6, 6.07) is 18.0. The summed E-state index contributed by atoms with van der Waals surface area (Å²) in [6.45, 7) is 4.98. The first-order valence-corrected chi connectivity index (χ1v) is 13.4. The zero-order valence-corrected chi connectivity index (χ0v) is 23.3. The van der Waals surface area contributed by atoms with Gasteiger partial charge in [-0.05, 0) is 67.4 Å². The third-order valence-corrected chi connectivity index (χ3v) is 6.72. The number of hydrogen-bond donors (Lipinski definition) is 1. The minimum absolute atomic E-state index is 0.0305. The van der Waals surface area contributed by atoms with Crippen LogP contribution in [-0.2, 0) is 9.59 Å². The first-order chi connectivity index (χ1) is 19.4. The molecule has 0 aromatic heterocycles. The molecule has 1 aliphatic heterocycles. The Balaban J connectivity index is 1.82. The van der Waals surface area contributed by atoms with Crippen molar-refractivity contribution in [2.75, 3.05) is 32.3 Å². The highest BCUT2D eigenvalue weighted by Gasteiger charge is 2.47. The Bertz CT molecular complexity index is 1380. The smallest absolute Gasteiger partial charge is 0.300 e. The van der Waals surface area contributed by atoms with Crippen molar-refractivity contribution in [3.8, 4) is 23.0 Å². The molecule has 3 aromatic rings. The van der Waals surface area contributed by atoms with E-state index in [1.54, 1.807) is 66.7 Å². The van der Waals surface area contributed by atoms with Crippen molar-refractivity contribution in [3.05, 3.63) is 83.4 Å². The van der Waals surface area contributed by atoms with Crippen LogP contribution in [0.2, 0.25) is 0 Å². The van der Waals surface area contributed by atoms with Crippen molar-refractivity contribution >= 4 is 23.1 Å². The molecule has 0 spiro atoms. The predicted molar refractivity (Wildman–Crippen MR) is 153 cm³/mol. The van der Waals surface area contributed by atoms with Crippen LogP contribution in [0.15, 0.2) is 72.3 Å². The fourth-order valence-corrected chi connectivity index (χ4v) is 4.71. The van der Waals surface area contributed by atoms with E-state index in [0.717, 1.165) is 19.3 Å². The van der Waals surface area contributed by atoms with Crippen molar-refractivity contribution in [2.24, 2.45) is 0 Å².